The Labute approximate surface area is 121 Å². The van der Waals surface area contributed by atoms with Gasteiger partial charge in [-0.3, -0.25) is 4.79 Å². The first-order valence-corrected chi connectivity index (χ1v) is 7.07. The van der Waals surface area contributed by atoms with E-state index in [1.54, 1.807) is 18.3 Å². The zero-order chi connectivity index (χ0) is 15.0. The molecule has 0 saturated carbocycles. The molecule has 0 radical (unpaired) electrons. The maximum Gasteiger partial charge on any atom is 0.226 e. The Bertz CT molecular complexity index is 485. The second kappa shape index (κ2) is 8.21. The standard InChI is InChI=1S/C16H23N3O/c1-4-10-19(16(20)13(3)5-2)11-6-7-15-9-8-14(17)12-18-15/h8-9,12-13H,4-5,10-11,17H2,1-3H3. The number of nitrogen functional groups attached to an aromatic ring is 1. The molecule has 0 spiro atoms. The molecule has 1 heterocycles. The van der Waals surface area contributed by atoms with Crippen LogP contribution in [0.4, 0.5) is 5.69 Å². The summed E-state index contributed by atoms with van der Waals surface area (Å²) in [5, 5.41) is 0. The number of carbonyl (C=O) groups excluding carboxylic acids is 1. The monoisotopic (exact) mass is 273 g/mol. The maximum atomic E-state index is 12.2. The van der Waals surface area contributed by atoms with Crippen LogP contribution in [-0.4, -0.2) is 28.9 Å². The van der Waals surface area contributed by atoms with Crippen molar-refractivity contribution in [2.45, 2.75) is 33.6 Å². The second-order valence-corrected chi connectivity index (χ2v) is 4.85. The van der Waals surface area contributed by atoms with Gasteiger partial charge in [-0.1, -0.05) is 26.7 Å². The van der Waals surface area contributed by atoms with E-state index in [4.69, 9.17) is 5.73 Å². The molecule has 0 aliphatic heterocycles. The number of carbonyl (C=O) groups is 1. The SMILES string of the molecule is CCCN(CC#Cc1ccc(N)cn1)C(=O)C(C)CC. The molecule has 1 rings (SSSR count). The van der Waals surface area contributed by atoms with Gasteiger partial charge < -0.3 is 10.6 Å². The molecule has 1 aromatic heterocycles. The lowest BCUT2D eigenvalue weighted by molar-refractivity contribution is -0.134. The van der Waals surface area contributed by atoms with Crippen LogP contribution >= 0.6 is 0 Å². The lowest BCUT2D eigenvalue weighted by Crippen LogP contribution is -2.36. The van der Waals surface area contributed by atoms with Gasteiger partial charge in [-0.25, -0.2) is 4.98 Å². The minimum Gasteiger partial charge on any atom is -0.397 e. The van der Waals surface area contributed by atoms with E-state index in [0.717, 1.165) is 19.4 Å². The summed E-state index contributed by atoms with van der Waals surface area (Å²) in [6.07, 6.45) is 3.37. The van der Waals surface area contributed by atoms with Crippen LogP contribution in [0.3, 0.4) is 0 Å². The number of amides is 1. The van der Waals surface area contributed by atoms with E-state index in [1.165, 1.54) is 0 Å². The minimum absolute atomic E-state index is 0.0537. The van der Waals surface area contributed by atoms with Crippen LogP contribution in [0, 0.1) is 17.8 Å². The molecule has 0 bridgehead atoms. The highest BCUT2D eigenvalue weighted by Crippen LogP contribution is 2.07. The van der Waals surface area contributed by atoms with Crippen LogP contribution in [0.2, 0.25) is 0 Å². The average molecular weight is 273 g/mol. The Hall–Kier alpha value is -2.02. The lowest BCUT2D eigenvalue weighted by Gasteiger charge is -2.22. The number of hydrogen-bond acceptors (Lipinski definition) is 3. The Morgan fingerprint density at radius 3 is 2.75 bits per heavy atom. The minimum atomic E-state index is 0.0537. The zero-order valence-corrected chi connectivity index (χ0v) is 12.5. The molecule has 1 unspecified atom stereocenters. The Kier molecular flexibility index (Phi) is 6.58. The molecule has 1 aromatic rings. The van der Waals surface area contributed by atoms with Crippen LogP contribution < -0.4 is 5.73 Å². The molecule has 0 aliphatic rings. The van der Waals surface area contributed by atoms with Gasteiger partial charge in [0.05, 0.1) is 18.4 Å². The predicted octanol–water partition coefficient (Wildman–Crippen LogP) is 2.30. The number of pyridine rings is 1. The fraction of sp³-hybridized carbons (Fsp3) is 0.500. The summed E-state index contributed by atoms with van der Waals surface area (Å²) >= 11 is 0. The molecule has 0 aromatic carbocycles. The highest BCUT2D eigenvalue weighted by Gasteiger charge is 2.17. The number of aromatic nitrogens is 1. The number of rotatable bonds is 5. The van der Waals surface area contributed by atoms with Gasteiger partial charge in [0.2, 0.25) is 5.91 Å². The number of nitrogens with zero attached hydrogens (tertiary/aromatic N) is 2. The van der Waals surface area contributed by atoms with Crippen molar-refractivity contribution in [2.24, 2.45) is 5.92 Å². The number of anilines is 1. The first-order chi connectivity index (χ1) is 9.58. The molecule has 4 heteroatoms. The van der Waals surface area contributed by atoms with Crippen LogP contribution in [0.15, 0.2) is 18.3 Å². The van der Waals surface area contributed by atoms with Gasteiger partial charge in [-0.2, -0.15) is 0 Å². The van der Waals surface area contributed by atoms with Gasteiger partial charge in [0.25, 0.3) is 0 Å². The maximum absolute atomic E-state index is 12.2. The molecular formula is C16H23N3O. The van der Waals surface area contributed by atoms with Crippen LogP contribution in [0.1, 0.15) is 39.3 Å². The van der Waals surface area contributed by atoms with Crippen molar-refractivity contribution in [2.75, 3.05) is 18.8 Å². The van der Waals surface area contributed by atoms with E-state index in [1.807, 2.05) is 18.7 Å². The van der Waals surface area contributed by atoms with E-state index in [2.05, 4.69) is 23.7 Å². The van der Waals surface area contributed by atoms with Gasteiger partial charge in [0.1, 0.15) is 5.69 Å². The summed E-state index contributed by atoms with van der Waals surface area (Å²) < 4.78 is 0. The fourth-order valence-electron chi connectivity index (χ4n) is 1.73. The molecule has 2 N–H and O–H groups in total. The van der Waals surface area contributed by atoms with Crippen molar-refractivity contribution >= 4 is 11.6 Å². The van der Waals surface area contributed by atoms with Crippen molar-refractivity contribution in [1.29, 1.82) is 0 Å². The molecule has 1 atom stereocenters. The molecule has 4 nitrogen and oxygen atoms in total. The average Bonchev–Trinajstić information content (AvgIpc) is 2.46. The van der Waals surface area contributed by atoms with Gasteiger partial charge >= 0.3 is 0 Å². The van der Waals surface area contributed by atoms with Crippen molar-refractivity contribution in [1.82, 2.24) is 9.88 Å². The molecule has 1 amide bonds. The normalized spacial score (nSPS) is 11.3. The van der Waals surface area contributed by atoms with Gasteiger partial charge in [-0.05, 0) is 30.9 Å². The smallest absolute Gasteiger partial charge is 0.226 e. The molecule has 20 heavy (non-hydrogen) atoms. The molecule has 0 saturated heterocycles. The molecular weight excluding hydrogens is 250 g/mol. The van der Waals surface area contributed by atoms with Crippen molar-refractivity contribution in [3.8, 4) is 11.8 Å². The van der Waals surface area contributed by atoms with Crippen molar-refractivity contribution in [3.63, 3.8) is 0 Å². The largest absolute Gasteiger partial charge is 0.397 e. The molecule has 0 aliphatic carbocycles. The van der Waals surface area contributed by atoms with Crippen LogP contribution in [0.5, 0.6) is 0 Å². The highest BCUT2D eigenvalue weighted by atomic mass is 16.2. The first-order valence-electron chi connectivity index (χ1n) is 7.07. The third-order valence-corrected chi connectivity index (χ3v) is 3.11. The zero-order valence-electron chi connectivity index (χ0n) is 12.5. The lowest BCUT2D eigenvalue weighted by atomic mass is 10.1. The van der Waals surface area contributed by atoms with E-state index in [9.17, 15) is 4.79 Å². The van der Waals surface area contributed by atoms with Gasteiger partial charge in [0, 0.05) is 12.5 Å². The number of hydrogen-bond donors (Lipinski definition) is 1. The summed E-state index contributed by atoms with van der Waals surface area (Å²) in [5.74, 6) is 6.21. The fourth-order valence-corrected chi connectivity index (χ4v) is 1.73. The van der Waals surface area contributed by atoms with Crippen LogP contribution in [0.25, 0.3) is 0 Å². The van der Waals surface area contributed by atoms with E-state index >= 15 is 0 Å². The summed E-state index contributed by atoms with van der Waals surface area (Å²) in [7, 11) is 0. The van der Waals surface area contributed by atoms with Gasteiger partial charge in [-0.15, -0.1) is 0 Å². The summed E-state index contributed by atoms with van der Waals surface area (Å²) in [4.78, 5) is 18.1. The third-order valence-electron chi connectivity index (χ3n) is 3.11. The first kappa shape index (κ1) is 16.0. The summed E-state index contributed by atoms with van der Waals surface area (Å²) in [5.41, 5.74) is 6.86. The van der Waals surface area contributed by atoms with E-state index in [0.29, 0.717) is 17.9 Å². The Morgan fingerprint density at radius 2 is 2.20 bits per heavy atom. The predicted molar refractivity (Wildman–Crippen MR) is 81.9 cm³/mol. The van der Waals surface area contributed by atoms with Crippen molar-refractivity contribution < 1.29 is 4.79 Å². The summed E-state index contributed by atoms with van der Waals surface area (Å²) in [6.45, 7) is 7.23. The topological polar surface area (TPSA) is 59.2 Å². The second-order valence-electron chi connectivity index (χ2n) is 4.85. The third kappa shape index (κ3) is 4.93. The Morgan fingerprint density at radius 1 is 1.45 bits per heavy atom. The van der Waals surface area contributed by atoms with Gasteiger partial charge in [0.15, 0.2) is 0 Å². The van der Waals surface area contributed by atoms with E-state index < -0.39 is 0 Å². The van der Waals surface area contributed by atoms with E-state index in [-0.39, 0.29) is 11.8 Å². The molecule has 108 valence electrons. The highest BCUT2D eigenvalue weighted by molar-refractivity contribution is 5.78. The van der Waals surface area contributed by atoms with Crippen LogP contribution in [-0.2, 0) is 4.79 Å². The van der Waals surface area contributed by atoms with Crippen molar-refractivity contribution in [3.05, 3.63) is 24.0 Å². The molecule has 0 fully saturated rings. The Balaban J connectivity index is 2.68. The summed E-state index contributed by atoms with van der Waals surface area (Å²) in [6, 6.07) is 3.55. The quantitative estimate of drug-likeness (QED) is 0.837. The number of nitrogens with two attached hydrogens (primary N) is 1.